The summed E-state index contributed by atoms with van der Waals surface area (Å²) in [4.78, 5) is 62.0. The number of nitrogens with zero attached hydrogens (tertiary/aromatic N) is 4. The molecular formula is C27H29N5O7. The van der Waals surface area contributed by atoms with E-state index in [1.165, 1.54) is 28.4 Å². The van der Waals surface area contributed by atoms with E-state index in [2.05, 4.69) is 15.3 Å². The number of rotatable bonds is 9. The van der Waals surface area contributed by atoms with Gasteiger partial charge < -0.3 is 29.4 Å². The molecular weight excluding hydrogens is 506 g/mol. The highest BCUT2D eigenvalue weighted by Crippen LogP contribution is 2.23. The zero-order valence-electron chi connectivity index (χ0n) is 21.4. The second kappa shape index (κ2) is 12.7. The average Bonchev–Trinajstić information content (AvgIpc) is 3.50. The van der Waals surface area contributed by atoms with Crippen molar-refractivity contribution in [3.63, 3.8) is 0 Å². The standard InChI is InChI=1S/C27H29N5O7/c1-2-39-27(37)32-13-11-31(12-14-32)26(36)20(8-9-23(33)34)30-25(35)22-16-21(19-10-15-38-17-19)28-24(29-22)18-6-4-3-5-7-18/h3-7,10,15-17,20H,2,8-9,11-14H2,1H3,(H,30,35)(H,33,34)/t20-/m0/s1. The van der Waals surface area contributed by atoms with E-state index in [1.54, 1.807) is 13.0 Å². The van der Waals surface area contributed by atoms with Crippen molar-refractivity contribution in [2.24, 2.45) is 0 Å². The molecule has 3 heterocycles. The monoisotopic (exact) mass is 535 g/mol. The molecule has 12 nitrogen and oxygen atoms in total. The van der Waals surface area contributed by atoms with Gasteiger partial charge in [0, 0.05) is 43.7 Å². The van der Waals surface area contributed by atoms with Crippen molar-refractivity contribution in [3.8, 4) is 22.6 Å². The molecule has 3 aromatic rings. The molecule has 0 aliphatic carbocycles. The largest absolute Gasteiger partial charge is 0.481 e. The minimum absolute atomic E-state index is 0.0142. The molecule has 1 saturated heterocycles. The number of carbonyl (C=O) groups excluding carboxylic acids is 3. The number of amides is 3. The first-order chi connectivity index (χ1) is 18.9. The lowest BCUT2D eigenvalue weighted by Gasteiger charge is -2.35. The second-order valence-corrected chi connectivity index (χ2v) is 8.81. The predicted octanol–water partition coefficient (Wildman–Crippen LogP) is 2.67. The summed E-state index contributed by atoms with van der Waals surface area (Å²) >= 11 is 0. The van der Waals surface area contributed by atoms with Crippen LogP contribution in [0.3, 0.4) is 0 Å². The van der Waals surface area contributed by atoms with Gasteiger partial charge in [0.2, 0.25) is 5.91 Å². The maximum absolute atomic E-state index is 13.4. The first-order valence-corrected chi connectivity index (χ1v) is 12.6. The molecule has 0 bridgehead atoms. The summed E-state index contributed by atoms with van der Waals surface area (Å²) < 4.78 is 10.2. The topological polar surface area (TPSA) is 155 Å². The lowest BCUT2D eigenvalue weighted by Crippen LogP contribution is -2.56. The Bertz CT molecular complexity index is 1310. The van der Waals surface area contributed by atoms with Gasteiger partial charge in [-0.15, -0.1) is 0 Å². The van der Waals surface area contributed by atoms with Crippen LogP contribution in [0.2, 0.25) is 0 Å². The molecule has 1 atom stereocenters. The van der Waals surface area contributed by atoms with E-state index >= 15 is 0 Å². The van der Waals surface area contributed by atoms with E-state index in [-0.39, 0.29) is 51.3 Å². The average molecular weight is 536 g/mol. The Morgan fingerprint density at radius 2 is 1.74 bits per heavy atom. The number of aromatic nitrogens is 2. The number of hydrogen-bond acceptors (Lipinski definition) is 8. The number of ether oxygens (including phenoxy) is 1. The number of carboxylic acids is 1. The number of aliphatic carboxylic acids is 1. The summed E-state index contributed by atoms with van der Waals surface area (Å²) in [7, 11) is 0. The van der Waals surface area contributed by atoms with E-state index in [0.29, 0.717) is 22.6 Å². The number of benzene rings is 1. The van der Waals surface area contributed by atoms with E-state index < -0.39 is 29.9 Å². The zero-order chi connectivity index (χ0) is 27.8. The minimum Gasteiger partial charge on any atom is -0.481 e. The van der Waals surface area contributed by atoms with E-state index in [1.807, 2.05) is 30.3 Å². The van der Waals surface area contributed by atoms with Crippen LogP contribution in [-0.4, -0.2) is 87.6 Å². The van der Waals surface area contributed by atoms with Gasteiger partial charge in [-0.1, -0.05) is 30.3 Å². The maximum Gasteiger partial charge on any atom is 0.409 e. The molecule has 0 radical (unpaired) electrons. The molecule has 4 rings (SSSR count). The van der Waals surface area contributed by atoms with Crippen LogP contribution < -0.4 is 5.32 Å². The number of nitrogens with one attached hydrogen (secondary N) is 1. The fraction of sp³-hybridized carbons (Fsp3) is 0.333. The Balaban J connectivity index is 1.55. The fourth-order valence-electron chi connectivity index (χ4n) is 4.14. The van der Waals surface area contributed by atoms with Crippen molar-refractivity contribution < 1.29 is 33.4 Å². The van der Waals surface area contributed by atoms with Crippen LogP contribution in [0.15, 0.2) is 59.4 Å². The molecule has 2 aromatic heterocycles. The molecule has 12 heteroatoms. The molecule has 0 saturated carbocycles. The summed E-state index contributed by atoms with van der Waals surface area (Å²) in [6.45, 7) is 2.96. The lowest BCUT2D eigenvalue weighted by atomic mass is 10.1. The molecule has 1 aliphatic heterocycles. The summed E-state index contributed by atoms with van der Waals surface area (Å²) in [5.41, 5.74) is 1.79. The molecule has 0 spiro atoms. The van der Waals surface area contributed by atoms with Crippen LogP contribution in [0, 0.1) is 0 Å². The summed E-state index contributed by atoms with van der Waals surface area (Å²) in [6, 6.07) is 11.2. The number of carbonyl (C=O) groups is 4. The van der Waals surface area contributed by atoms with Crippen molar-refractivity contribution in [1.82, 2.24) is 25.1 Å². The smallest absolute Gasteiger partial charge is 0.409 e. The first-order valence-electron chi connectivity index (χ1n) is 12.6. The second-order valence-electron chi connectivity index (χ2n) is 8.81. The Labute approximate surface area is 224 Å². The molecule has 39 heavy (non-hydrogen) atoms. The van der Waals surface area contributed by atoms with Gasteiger partial charge in [-0.05, 0) is 25.5 Å². The molecule has 1 aromatic carbocycles. The summed E-state index contributed by atoms with van der Waals surface area (Å²) in [5, 5.41) is 11.9. The van der Waals surface area contributed by atoms with Crippen LogP contribution in [0.1, 0.15) is 30.3 Å². The van der Waals surface area contributed by atoms with Crippen molar-refractivity contribution in [2.75, 3.05) is 32.8 Å². The molecule has 3 amide bonds. The van der Waals surface area contributed by atoms with Gasteiger partial charge in [-0.25, -0.2) is 14.8 Å². The van der Waals surface area contributed by atoms with E-state index in [4.69, 9.17) is 9.15 Å². The fourth-order valence-corrected chi connectivity index (χ4v) is 4.14. The third kappa shape index (κ3) is 6.98. The van der Waals surface area contributed by atoms with Gasteiger partial charge in [0.15, 0.2) is 5.82 Å². The van der Waals surface area contributed by atoms with E-state index in [0.717, 1.165) is 0 Å². The van der Waals surface area contributed by atoms with E-state index in [9.17, 15) is 24.3 Å². The van der Waals surface area contributed by atoms with Crippen molar-refractivity contribution in [1.29, 1.82) is 0 Å². The van der Waals surface area contributed by atoms with Crippen molar-refractivity contribution >= 4 is 23.9 Å². The highest BCUT2D eigenvalue weighted by atomic mass is 16.6. The van der Waals surface area contributed by atoms with Crippen LogP contribution in [-0.2, 0) is 14.3 Å². The molecule has 1 aliphatic rings. The number of hydrogen-bond donors (Lipinski definition) is 2. The third-order valence-electron chi connectivity index (χ3n) is 6.18. The van der Waals surface area contributed by atoms with Crippen LogP contribution in [0.4, 0.5) is 4.79 Å². The van der Waals surface area contributed by atoms with Crippen molar-refractivity contribution in [3.05, 3.63) is 60.7 Å². The zero-order valence-corrected chi connectivity index (χ0v) is 21.4. The molecule has 2 N–H and O–H groups in total. The van der Waals surface area contributed by atoms with Gasteiger partial charge in [0.25, 0.3) is 5.91 Å². The summed E-state index contributed by atoms with van der Waals surface area (Å²) in [6.07, 6.45) is 2.10. The SMILES string of the molecule is CCOC(=O)N1CCN(C(=O)[C@H](CCC(=O)O)NC(=O)c2cc(-c3ccoc3)nc(-c3ccccc3)n2)CC1. The minimum atomic E-state index is -1.10. The normalized spacial score (nSPS) is 14.0. The van der Waals surface area contributed by atoms with Gasteiger partial charge in [0.05, 0.1) is 24.8 Å². The number of piperazine rings is 1. The Morgan fingerprint density at radius 3 is 2.38 bits per heavy atom. The molecule has 1 fully saturated rings. The first kappa shape index (κ1) is 27.3. The highest BCUT2D eigenvalue weighted by molar-refractivity contribution is 5.97. The third-order valence-corrected chi connectivity index (χ3v) is 6.18. The van der Waals surface area contributed by atoms with Crippen LogP contribution in [0.5, 0.6) is 0 Å². The predicted molar refractivity (Wildman–Crippen MR) is 138 cm³/mol. The van der Waals surface area contributed by atoms with Gasteiger partial charge in [-0.3, -0.25) is 14.4 Å². The Morgan fingerprint density at radius 1 is 1.03 bits per heavy atom. The molecule has 0 unspecified atom stereocenters. The number of furan rings is 1. The summed E-state index contributed by atoms with van der Waals surface area (Å²) in [5.74, 6) is -1.86. The van der Waals surface area contributed by atoms with Crippen molar-refractivity contribution in [2.45, 2.75) is 25.8 Å². The van der Waals surface area contributed by atoms with Crippen LogP contribution in [0.25, 0.3) is 22.6 Å². The Hall–Kier alpha value is -4.74. The molecule has 204 valence electrons. The van der Waals surface area contributed by atoms with Gasteiger partial charge in [-0.2, -0.15) is 0 Å². The lowest BCUT2D eigenvalue weighted by molar-refractivity contribution is -0.138. The highest BCUT2D eigenvalue weighted by Gasteiger charge is 2.31. The van der Waals surface area contributed by atoms with Gasteiger partial charge in [0.1, 0.15) is 11.7 Å². The van der Waals surface area contributed by atoms with Gasteiger partial charge >= 0.3 is 12.1 Å². The Kier molecular flexibility index (Phi) is 8.87. The maximum atomic E-state index is 13.4. The number of carboxylic acid groups (broad SMARTS) is 1. The quantitative estimate of drug-likeness (QED) is 0.421. The van der Waals surface area contributed by atoms with Crippen LogP contribution >= 0.6 is 0 Å².